The molecule has 0 aliphatic carbocycles. The topological polar surface area (TPSA) is 55.8 Å². The number of thioether (sulfide) groups is 1. The lowest BCUT2D eigenvalue weighted by molar-refractivity contribution is -0.139. The number of benzene rings is 2. The van der Waals surface area contributed by atoms with Gasteiger partial charge in [0.1, 0.15) is 11.5 Å². The molecule has 3 rings (SSSR count). The average molecular weight is 357 g/mol. The van der Waals surface area contributed by atoms with E-state index >= 15 is 0 Å². The predicted octanol–water partition coefficient (Wildman–Crippen LogP) is 3.38. The van der Waals surface area contributed by atoms with Crippen LogP contribution in [-0.4, -0.2) is 31.8 Å². The van der Waals surface area contributed by atoms with Crippen LogP contribution >= 0.6 is 11.8 Å². The van der Waals surface area contributed by atoms with Gasteiger partial charge in [-0.05, 0) is 54.8 Å². The van der Waals surface area contributed by atoms with Crippen LogP contribution in [0.2, 0.25) is 0 Å². The van der Waals surface area contributed by atoms with E-state index in [-0.39, 0.29) is 18.3 Å². The molecule has 2 aromatic rings. The zero-order valence-corrected chi connectivity index (χ0v) is 14.9. The molecule has 2 aromatic carbocycles. The highest BCUT2D eigenvalue weighted by atomic mass is 32.2. The highest BCUT2D eigenvalue weighted by Crippen LogP contribution is 2.28. The van der Waals surface area contributed by atoms with E-state index in [0.29, 0.717) is 18.0 Å². The number of ether oxygens (including phenoxy) is 2. The SMILES string of the molecule is COc1ccc(OC(=O)C2CC(=O)N(c3ccc(SC)cc3)C2)cc1. The molecule has 1 heterocycles. The minimum atomic E-state index is -0.463. The van der Waals surface area contributed by atoms with Gasteiger partial charge in [0.15, 0.2) is 0 Å². The van der Waals surface area contributed by atoms with Crippen LogP contribution in [0.3, 0.4) is 0 Å². The Labute approximate surface area is 150 Å². The van der Waals surface area contributed by atoms with Gasteiger partial charge < -0.3 is 14.4 Å². The van der Waals surface area contributed by atoms with Crippen molar-refractivity contribution in [1.29, 1.82) is 0 Å². The second kappa shape index (κ2) is 7.61. The van der Waals surface area contributed by atoms with Crippen LogP contribution in [0.4, 0.5) is 5.69 Å². The molecule has 1 saturated heterocycles. The van der Waals surface area contributed by atoms with Gasteiger partial charge >= 0.3 is 5.97 Å². The molecule has 0 saturated carbocycles. The maximum atomic E-state index is 12.4. The van der Waals surface area contributed by atoms with Gasteiger partial charge in [-0.25, -0.2) is 0 Å². The predicted molar refractivity (Wildman–Crippen MR) is 97.3 cm³/mol. The summed E-state index contributed by atoms with van der Waals surface area (Å²) < 4.78 is 10.5. The number of carbonyl (C=O) groups is 2. The molecule has 1 atom stereocenters. The number of hydrogen-bond donors (Lipinski definition) is 0. The Morgan fingerprint density at radius 3 is 2.32 bits per heavy atom. The number of methoxy groups -OCH3 is 1. The van der Waals surface area contributed by atoms with E-state index in [2.05, 4.69) is 0 Å². The fourth-order valence-corrected chi connectivity index (χ4v) is 3.13. The third-order valence-electron chi connectivity index (χ3n) is 4.12. The molecule has 5 nitrogen and oxygen atoms in total. The van der Waals surface area contributed by atoms with E-state index in [1.54, 1.807) is 48.0 Å². The Morgan fingerprint density at radius 2 is 1.72 bits per heavy atom. The first kappa shape index (κ1) is 17.4. The fourth-order valence-electron chi connectivity index (χ4n) is 2.72. The molecule has 130 valence electrons. The normalized spacial score (nSPS) is 16.8. The number of hydrogen-bond acceptors (Lipinski definition) is 5. The van der Waals surface area contributed by atoms with Crippen LogP contribution in [0, 0.1) is 5.92 Å². The van der Waals surface area contributed by atoms with E-state index in [1.807, 2.05) is 30.5 Å². The molecule has 1 unspecified atom stereocenters. The van der Waals surface area contributed by atoms with Gasteiger partial charge in [0.05, 0.1) is 13.0 Å². The molecule has 1 fully saturated rings. The first-order chi connectivity index (χ1) is 12.1. The minimum absolute atomic E-state index is 0.0615. The number of anilines is 1. The van der Waals surface area contributed by atoms with Crippen molar-refractivity contribution in [1.82, 2.24) is 0 Å². The molecule has 6 heteroatoms. The van der Waals surface area contributed by atoms with E-state index in [9.17, 15) is 9.59 Å². The van der Waals surface area contributed by atoms with Gasteiger partial charge in [-0.15, -0.1) is 11.8 Å². The number of esters is 1. The number of amides is 1. The summed E-state index contributed by atoms with van der Waals surface area (Å²) >= 11 is 1.64. The summed E-state index contributed by atoms with van der Waals surface area (Å²) in [4.78, 5) is 27.4. The molecule has 0 bridgehead atoms. The average Bonchev–Trinajstić information content (AvgIpc) is 3.04. The molecule has 0 radical (unpaired) electrons. The van der Waals surface area contributed by atoms with Gasteiger partial charge in [0.25, 0.3) is 0 Å². The van der Waals surface area contributed by atoms with Gasteiger partial charge in [-0.3, -0.25) is 9.59 Å². The van der Waals surface area contributed by atoms with Gasteiger partial charge in [0.2, 0.25) is 5.91 Å². The van der Waals surface area contributed by atoms with Crippen LogP contribution in [-0.2, 0) is 9.59 Å². The highest BCUT2D eigenvalue weighted by Gasteiger charge is 2.36. The first-order valence-electron chi connectivity index (χ1n) is 7.91. The lowest BCUT2D eigenvalue weighted by Gasteiger charge is -2.16. The molecule has 1 aliphatic rings. The Hall–Kier alpha value is -2.47. The summed E-state index contributed by atoms with van der Waals surface area (Å²) in [5.41, 5.74) is 0.808. The smallest absolute Gasteiger partial charge is 0.316 e. The number of nitrogens with zero attached hydrogens (tertiary/aromatic N) is 1. The molecule has 1 aliphatic heterocycles. The summed E-state index contributed by atoms with van der Waals surface area (Å²) in [7, 11) is 1.57. The highest BCUT2D eigenvalue weighted by molar-refractivity contribution is 7.98. The molecule has 0 N–H and O–H groups in total. The Morgan fingerprint density at radius 1 is 1.08 bits per heavy atom. The van der Waals surface area contributed by atoms with Crippen LogP contribution in [0.25, 0.3) is 0 Å². The van der Waals surface area contributed by atoms with Gasteiger partial charge in [-0.2, -0.15) is 0 Å². The Bertz CT molecular complexity index is 758. The van der Waals surface area contributed by atoms with Crippen molar-refractivity contribution in [2.45, 2.75) is 11.3 Å². The molecular formula is C19H19NO4S. The van der Waals surface area contributed by atoms with Crippen LogP contribution in [0.15, 0.2) is 53.4 Å². The molecule has 0 spiro atoms. The van der Waals surface area contributed by atoms with Crippen LogP contribution < -0.4 is 14.4 Å². The van der Waals surface area contributed by atoms with E-state index in [1.165, 1.54) is 0 Å². The summed E-state index contributed by atoms with van der Waals surface area (Å²) in [6.45, 7) is 0.340. The maximum Gasteiger partial charge on any atom is 0.316 e. The van der Waals surface area contributed by atoms with Crippen molar-refractivity contribution in [3.63, 3.8) is 0 Å². The zero-order valence-electron chi connectivity index (χ0n) is 14.1. The van der Waals surface area contributed by atoms with Crippen molar-refractivity contribution in [2.75, 3.05) is 24.8 Å². The van der Waals surface area contributed by atoms with E-state index in [0.717, 1.165) is 10.6 Å². The summed E-state index contributed by atoms with van der Waals surface area (Å²) in [6.07, 6.45) is 2.17. The van der Waals surface area contributed by atoms with Gasteiger partial charge in [-0.1, -0.05) is 0 Å². The summed E-state index contributed by atoms with van der Waals surface area (Å²) in [5.74, 6) is 0.224. The van der Waals surface area contributed by atoms with Crippen molar-refractivity contribution < 1.29 is 19.1 Å². The second-order valence-electron chi connectivity index (χ2n) is 5.70. The number of carbonyl (C=O) groups excluding carboxylic acids is 2. The molecule has 0 aromatic heterocycles. The summed E-state index contributed by atoms with van der Waals surface area (Å²) in [5, 5.41) is 0. The van der Waals surface area contributed by atoms with Crippen LogP contribution in [0.5, 0.6) is 11.5 Å². The Kier molecular flexibility index (Phi) is 5.28. The fraction of sp³-hybridized carbons (Fsp3) is 0.263. The zero-order chi connectivity index (χ0) is 17.8. The largest absolute Gasteiger partial charge is 0.497 e. The first-order valence-corrected chi connectivity index (χ1v) is 9.13. The van der Waals surface area contributed by atoms with Crippen molar-refractivity contribution >= 4 is 29.3 Å². The standard InChI is InChI=1S/C19H19NO4S/c1-23-15-5-7-16(8-6-15)24-19(22)13-11-18(21)20(12-13)14-3-9-17(25-2)10-4-14/h3-10,13H,11-12H2,1-2H3. The lowest BCUT2D eigenvalue weighted by atomic mass is 10.1. The third kappa shape index (κ3) is 3.96. The molecule has 1 amide bonds. The minimum Gasteiger partial charge on any atom is -0.497 e. The summed E-state index contributed by atoms with van der Waals surface area (Å²) in [6, 6.07) is 14.5. The van der Waals surface area contributed by atoms with E-state index in [4.69, 9.17) is 9.47 Å². The Balaban J connectivity index is 1.65. The van der Waals surface area contributed by atoms with Crippen molar-refractivity contribution in [3.8, 4) is 11.5 Å². The van der Waals surface area contributed by atoms with Crippen LogP contribution in [0.1, 0.15) is 6.42 Å². The molecular weight excluding hydrogens is 338 g/mol. The number of rotatable bonds is 5. The van der Waals surface area contributed by atoms with Gasteiger partial charge in [0, 0.05) is 23.5 Å². The quantitative estimate of drug-likeness (QED) is 0.466. The molecule has 25 heavy (non-hydrogen) atoms. The monoisotopic (exact) mass is 357 g/mol. The van der Waals surface area contributed by atoms with Crippen molar-refractivity contribution in [2.24, 2.45) is 5.92 Å². The lowest BCUT2D eigenvalue weighted by Crippen LogP contribution is -2.27. The maximum absolute atomic E-state index is 12.4. The second-order valence-corrected chi connectivity index (χ2v) is 6.58. The van der Waals surface area contributed by atoms with Crippen molar-refractivity contribution in [3.05, 3.63) is 48.5 Å². The third-order valence-corrected chi connectivity index (χ3v) is 4.86. The van der Waals surface area contributed by atoms with E-state index < -0.39 is 5.92 Å².